The first-order valence-corrected chi connectivity index (χ1v) is 10.9. The number of nitro groups is 1. The molecule has 4 rings (SSSR count). The number of hydrogen-bond acceptors (Lipinski definition) is 5. The maximum Gasteiger partial charge on any atom is 0.293 e. The Labute approximate surface area is 187 Å². The highest BCUT2D eigenvalue weighted by molar-refractivity contribution is 5.95. The Morgan fingerprint density at radius 2 is 1.94 bits per heavy atom. The van der Waals surface area contributed by atoms with E-state index < -0.39 is 4.92 Å². The monoisotopic (exact) mass is 433 g/mol. The Morgan fingerprint density at radius 3 is 2.59 bits per heavy atom. The third-order valence-corrected chi connectivity index (χ3v) is 5.96. The number of carbonyl (C=O) groups is 1. The predicted octanol–water partition coefficient (Wildman–Crippen LogP) is 3.99. The van der Waals surface area contributed by atoms with Crippen LogP contribution in [0.3, 0.4) is 0 Å². The van der Waals surface area contributed by atoms with Gasteiger partial charge < -0.3 is 10.2 Å². The van der Waals surface area contributed by atoms with Crippen LogP contribution < -0.4 is 10.2 Å². The fourth-order valence-corrected chi connectivity index (χ4v) is 3.99. The number of anilines is 1. The lowest BCUT2D eigenvalue weighted by molar-refractivity contribution is -0.384. The van der Waals surface area contributed by atoms with E-state index in [9.17, 15) is 14.9 Å². The number of aromatic nitrogens is 2. The summed E-state index contributed by atoms with van der Waals surface area (Å²) in [5.41, 5.74) is 2.94. The van der Waals surface area contributed by atoms with Crippen molar-refractivity contribution < 1.29 is 9.72 Å². The number of nitro benzene ring substituents is 1. The van der Waals surface area contributed by atoms with Gasteiger partial charge in [0.2, 0.25) is 0 Å². The van der Waals surface area contributed by atoms with Crippen LogP contribution in [0.2, 0.25) is 0 Å². The second-order valence-electron chi connectivity index (χ2n) is 8.25. The molecule has 0 unspecified atom stereocenters. The molecule has 1 amide bonds. The number of carbonyl (C=O) groups excluding carboxylic acids is 1. The zero-order chi connectivity index (χ0) is 22.5. The standard InChI is InChI=1S/C24H27N5O3/c1-18-10-15-27(16-11-18)22-8-5-20(17-23(22)29(31)32)24(30)25-13-9-19-3-6-21(7-4-19)28-14-2-12-26-28/h2-8,12,14,17-18H,9-11,13,15-16H2,1H3,(H,25,30). The van der Waals surface area contributed by atoms with Crippen molar-refractivity contribution in [3.63, 3.8) is 0 Å². The van der Waals surface area contributed by atoms with Gasteiger partial charge in [-0.2, -0.15) is 5.10 Å². The van der Waals surface area contributed by atoms with Gasteiger partial charge in [-0.1, -0.05) is 19.1 Å². The number of hydrogen-bond donors (Lipinski definition) is 1. The van der Waals surface area contributed by atoms with Gasteiger partial charge in [0, 0.05) is 43.7 Å². The van der Waals surface area contributed by atoms with Crippen molar-refractivity contribution in [2.24, 2.45) is 5.92 Å². The number of benzene rings is 2. The van der Waals surface area contributed by atoms with Crippen LogP contribution in [-0.2, 0) is 6.42 Å². The predicted molar refractivity (Wildman–Crippen MR) is 123 cm³/mol. The topological polar surface area (TPSA) is 93.3 Å². The van der Waals surface area contributed by atoms with Crippen LogP contribution >= 0.6 is 0 Å². The highest BCUT2D eigenvalue weighted by atomic mass is 16.6. The minimum atomic E-state index is -0.398. The van der Waals surface area contributed by atoms with E-state index in [0.717, 1.165) is 37.2 Å². The molecule has 2 heterocycles. The van der Waals surface area contributed by atoms with Gasteiger partial charge in [0.15, 0.2) is 0 Å². The molecular weight excluding hydrogens is 406 g/mol. The number of nitrogens with one attached hydrogen (secondary N) is 1. The van der Waals surface area contributed by atoms with E-state index in [-0.39, 0.29) is 11.6 Å². The maximum atomic E-state index is 12.6. The average molecular weight is 434 g/mol. The van der Waals surface area contributed by atoms with Gasteiger partial charge in [-0.25, -0.2) is 4.68 Å². The van der Waals surface area contributed by atoms with E-state index in [4.69, 9.17) is 0 Å². The lowest BCUT2D eigenvalue weighted by atomic mass is 9.98. The molecular formula is C24H27N5O3. The lowest BCUT2D eigenvalue weighted by Gasteiger charge is -2.31. The summed E-state index contributed by atoms with van der Waals surface area (Å²) in [6, 6.07) is 14.6. The molecule has 1 saturated heterocycles. The number of nitrogens with zero attached hydrogens (tertiary/aromatic N) is 4. The normalized spacial score (nSPS) is 14.3. The molecule has 8 heteroatoms. The Hall–Kier alpha value is -3.68. The van der Waals surface area contributed by atoms with E-state index >= 15 is 0 Å². The smallest absolute Gasteiger partial charge is 0.293 e. The summed E-state index contributed by atoms with van der Waals surface area (Å²) < 4.78 is 1.78. The molecule has 1 fully saturated rings. The highest BCUT2D eigenvalue weighted by Gasteiger charge is 2.24. The molecule has 0 saturated carbocycles. The van der Waals surface area contributed by atoms with Crippen molar-refractivity contribution in [3.8, 4) is 5.69 Å². The third-order valence-electron chi connectivity index (χ3n) is 5.96. The molecule has 0 bridgehead atoms. The van der Waals surface area contributed by atoms with E-state index in [1.54, 1.807) is 23.0 Å². The summed E-state index contributed by atoms with van der Waals surface area (Å²) in [5.74, 6) is 0.331. The minimum absolute atomic E-state index is 0.0126. The largest absolute Gasteiger partial charge is 0.366 e. The molecule has 32 heavy (non-hydrogen) atoms. The fraction of sp³-hybridized carbons (Fsp3) is 0.333. The van der Waals surface area contributed by atoms with E-state index in [1.165, 1.54) is 6.07 Å². The first kappa shape index (κ1) is 21.5. The van der Waals surface area contributed by atoms with Crippen molar-refractivity contribution in [2.45, 2.75) is 26.2 Å². The van der Waals surface area contributed by atoms with Gasteiger partial charge in [0.1, 0.15) is 5.69 Å². The second kappa shape index (κ2) is 9.64. The summed E-state index contributed by atoms with van der Waals surface area (Å²) in [5, 5.41) is 18.7. The Kier molecular flexibility index (Phi) is 6.49. The Bertz CT molecular complexity index is 1070. The van der Waals surface area contributed by atoms with Crippen LogP contribution in [0.4, 0.5) is 11.4 Å². The molecule has 8 nitrogen and oxygen atoms in total. The summed E-state index contributed by atoms with van der Waals surface area (Å²) in [6.07, 6.45) is 6.31. The van der Waals surface area contributed by atoms with Crippen LogP contribution in [0, 0.1) is 16.0 Å². The SMILES string of the molecule is CC1CCN(c2ccc(C(=O)NCCc3ccc(-n4cccn4)cc3)cc2[N+](=O)[O-])CC1. The van der Waals surface area contributed by atoms with Crippen molar-refractivity contribution >= 4 is 17.3 Å². The Morgan fingerprint density at radius 1 is 1.19 bits per heavy atom. The van der Waals surface area contributed by atoms with Crippen molar-refractivity contribution in [2.75, 3.05) is 24.5 Å². The van der Waals surface area contributed by atoms with E-state index in [1.807, 2.05) is 41.4 Å². The molecule has 166 valence electrons. The van der Waals surface area contributed by atoms with Crippen LogP contribution in [-0.4, -0.2) is 40.2 Å². The molecule has 1 aliphatic rings. The summed E-state index contributed by atoms with van der Waals surface area (Å²) >= 11 is 0. The first-order valence-electron chi connectivity index (χ1n) is 10.9. The van der Waals surface area contributed by atoms with Gasteiger partial charge in [0.05, 0.1) is 10.6 Å². The molecule has 1 N–H and O–H groups in total. The highest BCUT2D eigenvalue weighted by Crippen LogP contribution is 2.32. The summed E-state index contributed by atoms with van der Waals surface area (Å²) in [7, 11) is 0. The van der Waals surface area contributed by atoms with Crippen molar-refractivity contribution in [1.82, 2.24) is 15.1 Å². The van der Waals surface area contributed by atoms with Crippen molar-refractivity contribution in [3.05, 3.63) is 82.2 Å². The summed E-state index contributed by atoms with van der Waals surface area (Å²) in [4.78, 5) is 25.9. The maximum absolute atomic E-state index is 12.6. The van der Waals surface area contributed by atoms with Gasteiger partial charge in [-0.3, -0.25) is 14.9 Å². The van der Waals surface area contributed by atoms with E-state index in [2.05, 4.69) is 17.3 Å². The quantitative estimate of drug-likeness (QED) is 0.449. The second-order valence-corrected chi connectivity index (χ2v) is 8.25. The molecule has 2 aromatic carbocycles. The molecule has 0 aliphatic carbocycles. The minimum Gasteiger partial charge on any atom is -0.366 e. The molecule has 0 spiro atoms. The van der Waals surface area contributed by atoms with Crippen LogP contribution in [0.25, 0.3) is 5.69 Å². The molecule has 0 atom stereocenters. The molecule has 1 aromatic heterocycles. The van der Waals surface area contributed by atoms with Gasteiger partial charge >= 0.3 is 0 Å². The first-order chi connectivity index (χ1) is 15.5. The molecule has 3 aromatic rings. The van der Waals surface area contributed by atoms with Crippen LogP contribution in [0.5, 0.6) is 0 Å². The van der Waals surface area contributed by atoms with E-state index in [0.29, 0.717) is 30.1 Å². The molecule has 0 radical (unpaired) electrons. The molecule has 1 aliphatic heterocycles. The number of amides is 1. The number of rotatable bonds is 7. The lowest BCUT2D eigenvalue weighted by Crippen LogP contribution is -2.33. The fourth-order valence-electron chi connectivity index (χ4n) is 3.99. The Balaban J connectivity index is 1.36. The van der Waals surface area contributed by atoms with Gasteiger partial charge in [-0.05, 0) is 61.1 Å². The van der Waals surface area contributed by atoms with Crippen molar-refractivity contribution in [1.29, 1.82) is 0 Å². The van der Waals surface area contributed by atoms with Gasteiger partial charge in [0.25, 0.3) is 11.6 Å². The zero-order valence-electron chi connectivity index (χ0n) is 18.1. The zero-order valence-corrected chi connectivity index (χ0v) is 18.1. The summed E-state index contributed by atoms with van der Waals surface area (Å²) in [6.45, 7) is 4.24. The third kappa shape index (κ3) is 4.96. The average Bonchev–Trinajstić information content (AvgIpc) is 3.34. The van der Waals surface area contributed by atoms with Gasteiger partial charge in [-0.15, -0.1) is 0 Å². The number of piperidine rings is 1. The van der Waals surface area contributed by atoms with Crippen LogP contribution in [0.1, 0.15) is 35.7 Å². The van der Waals surface area contributed by atoms with Crippen LogP contribution in [0.15, 0.2) is 60.9 Å².